The Kier molecular flexibility index (Phi) is 6.06. The van der Waals surface area contributed by atoms with Crippen LogP contribution in [-0.2, 0) is 0 Å². The minimum absolute atomic E-state index is 0.399. The second-order valence-electron chi connectivity index (χ2n) is 4.50. The van der Waals surface area contributed by atoms with Gasteiger partial charge in [0.25, 0.3) is 0 Å². The third kappa shape index (κ3) is 4.74. The molecule has 0 aliphatic rings. The maximum Gasteiger partial charge on any atom is 0.325 e. The van der Waals surface area contributed by atoms with Gasteiger partial charge in [-0.1, -0.05) is 11.6 Å². The van der Waals surface area contributed by atoms with Crippen LogP contribution in [0.15, 0.2) is 18.3 Å². The average Bonchev–Trinajstić information content (AvgIpc) is 2.89. The zero-order chi connectivity index (χ0) is 16.8. The molecule has 6 nitrogen and oxygen atoms in total. The van der Waals surface area contributed by atoms with Crippen LogP contribution in [-0.4, -0.2) is 24.2 Å². The lowest BCUT2D eigenvalue weighted by molar-refractivity contribution is 0.262. The fraction of sp³-hybridized carbons (Fsp3) is 0.333. The number of benzene rings is 1. The molecule has 23 heavy (non-hydrogen) atoms. The summed E-state index contributed by atoms with van der Waals surface area (Å²) in [6.45, 7) is 6.58. The van der Waals surface area contributed by atoms with E-state index in [0.29, 0.717) is 40.6 Å². The molecule has 0 radical (unpaired) electrons. The molecule has 124 valence electrons. The predicted molar refractivity (Wildman–Crippen MR) is 93.3 cm³/mol. The first kappa shape index (κ1) is 17.4. The van der Waals surface area contributed by atoms with Gasteiger partial charge in [0.05, 0.1) is 23.9 Å². The van der Waals surface area contributed by atoms with Crippen molar-refractivity contribution >= 4 is 39.8 Å². The summed E-state index contributed by atoms with van der Waals surface area (Å²) in [7, 11) is 0. The molecule has 2 aromatic rings. The van der Waals surface area contributed by atoms with Crippen LogP contribution in [0.3, 0.4) is 0 Å². The zero-order valence-corrected chi connectivity index (χ0v) is 14.7. The molecule has 8 heteroatoms. The van der Waals surface area contributed by atoms with E-state index in [4.69, 9.17) is 21.1 Å². The topological polar surface area (TPSA) is 72.5 Å². The average molecular weight is 356 g/mol. The van der Waals surface area contributed by atoms with E-state index in [9.17, 15) is 4.79 Å². The van der Waals surface area contributed by atoms with Gasteiger partial charge in [-0.25, -0.2) is 9.78 Å². The van der Waals surface area contributed by atoms with Gasteiger partial charge in [0, 0.05) is 17.1 Å². The van der Waals surface area contributed by atoms with Crippen molar-refractivity contribution in [3.8, 4) is 11.5 Å². The molecule has 0 unspecified atom stereocenters. The van der Waals surface area contributed by atoms with Gasteiger partial charge in [0.2, 0.25) is 0 Å². The van der Waals surface area contributed by atoms with Crippen molar-refractivity contribution in [1.82, 2.24) is 4.98 Å². The van der Waals surface area contributed by atoms with Crippen LogP contribution in [0.25, 0.3) is 0 Å². The number of aryl methyl sites for hydroxylation is 1. The Hall–Kier alpha value is -1.99. The van der Waals surface area contributed by atoms with Gasteiger partial charge in [0.1, 0.15) is 11.5 Å². The second kappa shape index (κ2) is 8.03. The lowest BCUT2D eigenvalue weighted by atomic mass is 10.2. The third-order valence-corrected chi connectivity index (χ3v) is 3.85. The van der Waals surface area contributed by atoms with Crippen molar-refractivity contribution in [1.29, 1.82) is 0 Å². The molecule has 2 rings (SSSR count). The summed E-state index contributed by atoms with van der Waals surface area (Å²) in [5.41, 5.74) is 0.464. The van der Waals surface area contributed by atoms with Crippen LogP contribution >= 0.6 is 22.9 Å². The SMILES string of the molecule is CCOc1cc(OCC)c(NC(=O)Nc2ncc(C)s2)cc1Cl. The maximum absolute atomic E-state index is 12.1. The van der Waals surface area contributed by atoms with Crippen molar-refractivity contribution < 1.29 is 14.3 Å². The van der Waals surface area contributed by atoms with Crippen molar-refractivity contribution in [2.75, 3.05) is 23.8 Å². The van der Waals surface area contributed by atoms with E-state index in [1.165, 1.54) is 11.3 Å². The Morgan fingerprint density at radius 3 is 2.52 bits per heavy atom. The minimum Gasteiger partial charge on any atom is -0.492 e. The molecule has 0 bridgehead atoms. The number of nitrogens with zero attached hydrogens (tertiary/aromatic N) is 1. The molecule has 2 amide bonds. The van der Waals surface area contributed by atoms with Crippen molar-refractivity contribution in [2.24, 2.45) is 0 Å². The highest BCUT2D eigenvalue weighted by Gasteiger charge is 2.14. The Bertz CT molecular complexity index is 691. The largest absolute Gasteiger partial charge is 0.492 e. The molecule has 0 saturated heterocycles. The molecule has 1 heterocycles. The number of amides is 2. The number of aromatic nitrogens is 1. The first-order valence-corrected chi connectivity index (χ1v) is 8.32. The fourth-order valence-corrected chi connectivity index (χ4v) is 2.71. The Labute approximate surface area is 143 Å². The molecule has 2 N–H and O–H groups in total. The summed E-state index contributed by atoms with van der Waals surface area (Å²) in [4.78, 5) is 17.2. The standard InChI is InChI=1S/C15H18ClN3O3S/c1-4-21-12-7-13(22-5-2)11(6-10(12)16)18-14(20)19-15-17-8-9(3)23-15/h6-8H,4-5H2,1-3H3,(H2,17,18,19,20). The van der Waals surface area contributed by atoms with E-state index >= 15 is 0 Å². The first-order chi connectivity index (χ1) is 11.0. The Morgan fingerprint density at radius 2 is 1.91 bits per heavy atom. The Morgan fingerprint density at radius 1 is 1.22 bits per heavy atom. The van der Waals surface area contributed by atoms with Gasteiger partial charge in [0.15, 0.2) is 5.13 Å². The highest BCUT2D eigenvalue weighted by Crippen LogP contribution is 2.36. The van der Waals surface area contributed by atoms with E-state index in [1.807, 2.05) is 20.8 Å². The summed E-state index contributed by atoms with van der Waals surface area (Å²) in [6.07, 6.45) is 1.69. The number of hydrogen-bond donors (Lipinski definition) is 2. The second-order valence-corrected chi connectivity index (χ2v) is 6.14. The highest BCUT2D eigenvalue weighted by molar-refractivity contribution is 7.15. The monoisotopic (exact) mass is 355 g/mol. The van der Waals surface area contributed by atoms with Crippen molar-refractivity contribution in [2.45, 2.75) is 20.8 Å². The molecule has 0 aliphatic heterocycles. The number of hydrogen-bond acceptors (Lipinski definition) is 5. The number of carbonyl (C=O) groups is 1. The van der Waals surface area contributed by atoms with E-state index in [-0.39, 0.29) is 0 Å². The molecule has 1 aromatic heterocycles. The van der Waals surface area contributed by atoms with Crippen LogP contribution in [0, 0.1) is 6.92 Å². The summed E-state index contributed by atoms with van der Waals surface area (Å²) < 4.78 is 11.0. The number of carbonyl (C=O) groups excluding carboxylic acids is 1. The van der Waals surface area contributed by atoms with Gasteiger partial charge in [-0.2, -0.15) is 0 Å². The van der Waals surface area contributed by atoms with E-state index < -0.39 is 6.03 Å². The number of ether oxygens (including phenoxy) is 2. The van der Waals surface area contributed by atoms with E-state index in [0.717, 1.165) is 4.88 Å². The van der Waals surface area contributed by atoms with E-state index in [2.05, 4.69) is 15.6 Å². The maximum atomic E-state index is 12.1. The van der Waals surface area contributed by atoms with Gasteiger partial charge in [-0.05, 0) is 26.8 Å². The summed E-state index contributed by atoms with van der Waals surface area (Å²) in [5.74, 6) is 1.00. The van der Waals surface area contributed by atoms with Crippen molar-refractivity contribution in [3.05, 3.63) is 28.2 Å². The van der Waals surface area contributed by atoms with Crippen LogP contribution in [0.5, 0.6) is 11.5 Å². The Balaban J connectivity index is 2.16. The number of anilines is 2. The highest BCUT2D eigenvalue weighted by atomic mass is 35.5. The summed E-state index contributed by atoms with van der Waals surface area (Å²) in [5, 5.41) is 6.30. The number of urea groups is 1. The van der Waals surface area contributed by atoms with Crippen LogP contribution in [0.2, 0.25) is 5.02 Å². The molecule has 1 aromatic carbocycles. The lowest BCUT2D eigenvalue weighted by Gasteiger charge is -2.15. The normalized spacial score (nSPS) is 10.3. The van der Waals surface area contributed by atoms with Crippen LogP contribution in [0.4, 0.5) is 15.6 Å². The first-order valence-electron chi connectivity index (χ1n) is 7.13. The van der Waals surface area contributed by atoms with Crippen LogP contribution < -0.4 is 20.1 Å². The smallest absolute Gasteiger partial charge is 0.325 e. The number of halogens is 1. The van der Waals surface area contributed by atoms with Gasteiger partial charge in [-0.15, -0.1) is 11.3 Å². The number of thiazole rings is 1. The van der Waals surface area contributed by atoms with Gasteiger partial charge < -0.3 is 14.8 Å². The third-order valence-electron chi connectivity index (χ3n) is 2.72. The van der Waals surface area contributed by atoms with Gasteiger partial charge in [-0.3, -0.25) is 5.32 Å². The molecule has 0 atom stereocenters. The summed E-state index contributed by atoms with van der Waals surface area (Å²) in [6, 6.07) is 2.85. The minimum atomic E-state index is -0.416. The fourth-order valence-electron chi connectivity index (χ4n) is 1.84. The molecule has 0 saturated carbocycles. The lowest BCUT2D eigenvalue weighted by Crippen LogP contribution is -2.20. The molecular weight excluding hydrogens is 338 g/mol. The number of rotatable bonds is 6. The predicted octanol–water partition coefficient (Wildman–Crippen LogP) is 4.55. The zero-order valence-electron chi connectivity index (χ0n) is 13.1. The van der Waals surface area contributed by atoms with E-state index in [1.54, 1.807) is 18.3 Å². The van der Waals surface area contributed by atoms with Crippen LogP contribution in [0.1, 0.15) is 18.7 Å². The summed E-state index contributed by atoms with van der Waals surface area (Å²) >= 11 is 7.56. The molecule has 0 spiro atoms. The van der Waals surface area contributed by atoms with Crippen molar-refractivity contribution in [3.63, 3.8) is 0 Å². The van der Waals surface area contributed by atoms with Gasteiger partial charge >= 0.3 is 6.03 Å². The number of nitrogens with one attached hydrogen (secondary N) is 2. The quantitative estimate of drug-likeness (QED) is 0.797. The molecule has 0 aliphatic carbocycles. The molecule has 0 fully saturated rings. The molecular formula is C15H18ClN3O3S.